The Hall–Kier alpha value is -0.530. The molecule has 0 radical (unpaired) electrons. The summed E-state index contributed by atoms with van der Waals surface area (Å²) in [6, 6.07) is 8.16. The molecule has 2 aliphatic carbocycles. The van der Waals surface area contributed by atoms with Crippen molar-refractivity contribution in [1.82, 2.24) is 10.6 Å². The first-order valence-electron chi connectivity index (χ1n) is 9.09. The van der Waals surface area contributed by atoms with Crippen molar-refractivity contribution in [3.63, 3.8) is 0 Å². The first-order chi connectivity index (χ1) is 11.6. The van der Waals surface area contributed by atoms with Crippen molar-refractivity contribution in [2.24, 2.45) is 10.9 Å². The number of benzene rings is 1. The van der Waals surface area contributed by atoms with Gasteiger partial charge in [-0.25, -0.2) is 0 Å². The lowest BCUT2D eigenvalue weighted by atomic mass is 9.96. The maximum atomic E-state index is 9.96. The highest BCUT2D eigenvalue weighted by atomic mass is 127. The zero-order valence-electron chi connectivity index (χ0n) is 14.8. The summed E-state index contributed by atoms with van der Waals surface area (Å²) in [6.45, 7) is 4.47. The van der Waals surface area contributed by atoms with Gasteiger partial charge in [-0.15, -0.1) is 24.0 Å². The van der Waals surface area contributed by atoms with E-state index in [2.05, 4.69) is 29.7 Å². The predicted molar refractivity (Wildman–Crippen MR) is 115 cm³/mol. The normalized spacial score (nSPS) is 24.5. The van der Waals surface area contributed by atoms with E-state index < -0.39 is 0 Å². The van der Waals surface area contributed by atoms with Crippen LogP contribution in [-0.2, 0) is 5.41 Å². The Morgan fingerprint density at radius 2 is 2.12 bits per heavy atom. The number of aliphatic hydroxyl groups is 1. The third kappa shape index (κ3) is 5.47. The van der Waals surface area contributed by atoms with E-state index in [1.54, 1.807) is 0 Å². The van der Waals surface area contributed by atoms with Crippen molar-refractivity contribution in [2.45, 2.75) is 50.5 Å². The van der Waals surface area contributed by atoms with Crippen LogP contribution in [0.5, 0.6) is 0 Å². The summed E-state index contributed by atoms with van der Waals surface area (Å²) in [7, 11) is 0. The van der Waals surface area contributed by atoms with E-state index in [0.29, 0.717) is 5.92 Å². The van der Waals surface area contributed by atoms with E-state index in [0.717, 1.165) is 62.7 Å². The molecular weight excluding hydrogens is 449 g/mol. The van der Waals surface area contributed by atoms with Crippen LogP contribution in [0.4, 0.5) is 0 Å². The number of guanidine groups is 1. The molecule has 25 heavy (non-hydrogen) atoms. The van der Waals surface area contributed by atoms with Crippen molar-refractivity contribution in [3.05, 3.63) is 34.9 Å². The number of aliphatic hydroxyl groups excluding tert-OH is 1. The fourth-order valence-electron chi connectivity index (χ4n) is 3.56. The fourth-order valence-corrected chi connectivity index (χ4v) is 3.75. The molecule has 0 amide bonds. The van der Waals surface area contributed by atoms with Crippen LogP contribution in [0.1, 0.15) is 44.6 Å². The van der Waals surface area contributed by atoms with Gasteiger partial charge < -0.3 is 15.7 Å². The maximum Gasteiger partial charge on any atom is 0.191 e. The SMILES string of the molecule is CCNC(=NCC1(c2cccc(Cl)c2)CC1)NCC1CCCC1O.I. The molecule has 0 saturated heterocycles. The third-order valence-corrected chi connectivity index (χ3v) is 5.56. The van der Waals surface area contributed by atoms with Crippen LogP contribution in [0.2, 0.25) is 5.02 Å². The van der Waals surface area contributed by atoms with Crippen LogP contribution in [0.25, 0.3) is 0 Å². The number of nitrogens with zero attached hydrogens (tertiary/aromatic N) is 1. The van der Waals surface area contributed by atoms with Gasteiger partial charge in [0.15, 0.2) is 5.96 Å². The van der Waals surface area contributed by atoms with Crippen LogP contribution < -0.4 is 10.6 Å². The third-order valence-electron chi connectivity index (χ3n) is 5.33. The molecule has 2 unspecified atom stereocenters. The molecular formula is C19H29ClIN3O. The zero-order chi connectivity index (χ0) is 17.0. The van der Waals surface area contributed by atoms with Crippen molar-refractivity contribution >= 4 is 41.5 Å². The first kappa shape index (κ1) is 20.8. The number of halogens is 2. The van der Waals surface area contributed by atoms with Crippen molar-refractivity contribution < 1.29 is 5.11 Å². The van der Waals surface area contributed by atoms with Gasteiger partial charge in [0, 0.05) is 29.4 Å². The van der Waals surface area contributed by atoms with E-state index in [-0.39, 0.29) is 35.5 Å². The summed E-state index contributed by atoms with van der Waals surface area (Å²) in [5.41, 5.74) is 1.45. The number of rotatable bonds is 6. The van der Waals surface area contributed by atoms with Crippen molar-refractivity contribution in [1.29, 1.82) is 0 Å². The van der Waals surface area contributed by atoms with Gasteiger partial charge in [0.2, 0.25) is 0 Å². The molecule has 0 bridgehead atoms. The molecule has 2 atom stereocenters. The van der Waals surface area contributed by atoms with Gasteiger partial charge in [-0.2, -0.15) is 0 Å². The molecule has 4 nitrogen and oxygen atoms in total. The van der Waals surface area contributed by atoms with E-state index in [1.807, 2.05) is 12.1 Å². The van der Waals surface area contributed by atoms with E-state index >= 15 is 0 Å². The van der Waals surface area contributed by atoms with E-state index in [1.165, 1.54) is 5.56 Å². The molecule has 3 rings (SSSR count). The lowest BCUT2D eigenvalue weighted by Gasteiger charge is -2.19. The molecule has 0 aliphatic heterocycles. The summed E-state index contributed by atoms with van der Waals surface area (Å²) in [4.78, 5) is 4.81. The smallest absolute Gasteiger partial charge is 0.191 e. The predicted octanol–water partition coefficient (Wildman–Crippen LogP) is 3.71. The quantitative estimate of drug-likeness (QED) is 0.333. The highest BCUT2D eigenvalue weighted by Gasteiger charge is 2.44. The molecule has 2 saturated carbocycles. The Balaban J connectivity index is 0.00000225. The minimum atomic E-state index is -0.165. The summed E-state index contributed by atoms with van der Waals surface area (Å²) in [6.07, 6.45) is 5.31. The summed E-state index contributed by atoms with van der Waals surface area (Å²) < 4.78 is 0. The van der Waals surface area contributed by atoms with Crippen LogP contribution in [0.3, 0.4) is 0 Å². The van der Waals surface area contributed by atoms with E-state index in [9.17, 15) is 5.11 Å². The molecule has 0 spiro atoms. The Morgan fingerprint density at radius 3 is 2.72 bits per heavy atom. The summed E-state index contributed by atoms with van der Waals surface area (Å²) in [5, 5.41) is 17.5. The topological polar surface area (TPSA) is 56.7 Å². The molecule has 0 heterocycles. The van der Waals surface area contributed by atoms with Gasteiger partial charge in [-0.3, -0.25) is 4.99 Å². The van der Waals surface area contributed by atoms with Crippen LogP contribution in [0.15, 0.2) is 29.3 Å². The second-order valence-corrected chi connectivity index (χ2v) is 7.56. The van der Waals surface area contributed by atoms with Gasteiger partial charge in [0.25, 0.3) is 0 Å². The van der Waals surface area contributed by atoms with Crippen molar-refractivity contribution in [3.8, 4) is 0 Å². The van der Waals surface area contributed by atoms with Gasteiger partial charge >= 0.3 is 0 Å². The standard InChI is InChI=1S/C19H28ClN3O.HI/c1-2-21-18(22-12-14-5-3-8-17(14)24)23-13-19(9-10-19)15-6-4-7-16(20)11-15;/h4,6-7,11,14,17,24H,2-3,5,8-10,12-13H2,1H3,(H2,21,22,23);1H. The summed E-state index contributed by atoms with van der Waals surface area (Å²) in [5.74, 6) is 1.20. The van der Waals surface area contributed by atoms with Crippen LogP contribution in [-0.4, -0.2) is 36.8 Å². The lowest BCUT2D eigenvalue weighted by molar-refractivity contribution is 0.134. The lowest BCUT2D eigenvalue weighted by Crippen LogP contribution is -2.41. The minimum absolute atomic E-state index is 0. The van der Waals surface area contributed by atoms with Gasteiger partial charge in [0.1, 0.15) is 0 Å². The Kier molecular flexibility index (Phi) is 7.83. The fraction of sp³-hybridized carbons (Fsp3) is 0.632. The first-order valence-corrected chi connectivity index (χ1v) is 9.47. The minimum Gasteiger partial charge on any atom is -0.393 e. The Labute approximate surface area is 172 Å². The molecule has 0 aromatic heterocycles. The Morgan fingerprint density at radius 1 is 1.32 bits per heavy atom. The zero-order valence-corrected chi connectivity index (χ0v) is 17.9. The molecule has 140 valence electrons. The molecule has 3 N–H and O–H groups in total. The van der Waals surface area contributed by atoms with Gasteiger partial charge in [-0.05, 0) is 50.3 Å². The maximum absolute atomic E-state index is 9.96. The second-order valence-electron chi connectivity index (χ2n) is 7.13. The number of hydrogen-bond acceptors (Lipinski definition) is 2. The molecule has 6 heteroatoms. The highest BCUT2D eigenvalue weighted by Crippen LogP contribution is 2.48. The number of nitrogens with one attached hydrogen (secondary N) is 2. The number of hydrogen-bond donors (Lipinski definition) is 3. The van der Waals surface area contributed by atoms with Crippen LogP contribution >= 0.6 is 35.6 Å². The molecule has 1 aromatic rings. The number of aliphatic imine (C=N–C) groups is 1. The van der Waals surface area contributed by atoms with Gasteiger partial charge in [-0.1, -0.05) is 30.2 Å². The average molecular weight is 478 g/mol. The molecule has 2 fully saturated rings. The van der Waals surface area contributed by atoms with Crippen molar-refractivity contribution in [2.75, 3.05) is 19.6 Å². The monoisotopic (exact) mass is 477 g/mol. The highest BCUT2D eigenvalue weighted by molar-refractivity contribution is 14.0. The average Bonchev–Trinajstić information content (AvgIpc) is 3.26. The Bertz CT molecular complexity index is 592. The molecule has 1 aromatic carbocycles. The van der Waals surface area contributed by atoms with Crippen LogP contribution in [0, 0.1) is 5.92 Å². The van der Waals surface area contributed by atoms with Gasteiger partial charge in [0.05, 0.1) is 12.6 Å². The molecule has 2 aliphatic rings. The summed E-state index contributed by atoms with van der Waals surface area (Å²) >= 11 is 6.14. The second kappa shape index (κ2) is 9.42. The largest absolute Gasteiger partial charge is 0.393 e. The van der Waals surface area contributed by atoms with E-state index in [4.69, 9.17) is 16.6 Å².